The number of nitrogens with zero attached hydrogens (tertiary/aromatic N) is 4. The third-order valence-electron chi connectivity index (χ3n) is 7.18. The third kappa shape index (κ3) is 3.98. The summed E-state index contributed by atoms with van der Waals surface area (Å²) < 4.78 is 13.4. The topological polar surface area (TPSA) is 98.6 Å². The number of imidazole rings is 1. The van der Waals surface area contributed by atoms with E-state index < -0.39 is 17.4 Å². The monoisotopic (exact) mass is 591 g/mol. The van der Waals surface area contributed by atoms with Gasteiger partial charge >= 0.3 is 0 Å². The van der Waals surface area contributed by atoms with Crippen molar-refractivity contribution in [2.45, 2.75) is 45.4 Å². The van der Waals surface area contributed by atoms with Crippen molar-refractivity contribution < 1.29 is 19.1 Å². The summed E-state index contributed by atoms with van der Waals surface area (Å²) in [4.78, 5) is 39.5. The molecule has 2 aromatic carbocycles. The van der Waals surface area contributed by atoms with Gasteiger partial charge in [0.1, 0.15) is 11.6 Å². The van der Waals surface area contributed by atoms with Crippen molar-refractivity contribution in [2.75, 3.05) is 17.3 Å². The fourth-order valence-corrected chi connectivity index (χ4v) is 6.06. The van der Waals surface area contributed by atoms with E-state index >= 15 is 0 Å². The highest BCUT2D eigenvalue weighted by atomic mass is 35.5. The van der Waals surface area contributed by atoms with Gasteiger partial charge in [-0.15, -0.1) is 0 Å². The third-order valence-corrected chi connectivity index (χ3v) is 7.65. The number of fused-ring (bicyclic) bond motifs is 4. The summed E-state index contributed by atoms with van der Waals surface area (Å²) in [6, 6.07) is 13.5. The minimum absolute atomic E-state index is 0.0797. The number of pyridine rings is 1. The maximum atomic E-state index is 14.4. The second kappa shape index (κ2) is 9.78. The molecule has 210 valence electrons. The minimum atomic E-state index is -1.58. The predicted molar refractivity (Wildman–Crippen MR) is 157 cm³/mol. The van der Waals surface area contributed by atoms with E-state index in [0.717, 1.165) is 0 Å². The van der Waals surface area contributed by atoms with Crippen LogP contribution in [0.15, 0.2) is 54.7 Å². The molecule has 2 aromatic heterocycles. The van der Waals surface area contributed by atoms with E-state index in [4.69, 9.17) is 37.7 Å². The molecule has 6 rings (SSSR count). The Balaban J connectivity index is 1.67. The number of aromatic nitrogens is 3. The van der Waals surface area contributed by atoms with Crippen LogP contribution < -0.4 is 19.7 Å². The molecule has 11 heteroatoms. The van der Waals surface area contributed by atoms with Crippen LogP contribution in [0, 0.1) is 0 Å². The Morgan fingerprint density at radius 3 is 2.44 bits per heavy atom. The number of halogens is 2. The number of hydrogen-bond acceptors (Lipinski definition) is 6. The molecule has 2 amide bonds. The molecule has 0 radical (unpaired) electrons. The number of amides is 2. The van der Waals surface area contributed by atoms with Gasteiger partial charge in [-0.3, -0.25) is 14.5 Å². The van der Waals surface area contributed by atoms with Gasteiger partial charge in [0.25, 0.3) is 11.8 Å². The van der Waals surface area contributed by atoms with E-state index in [-0.39, 0.29) is 17.8 Å². The van der Waals surface area contributed by atoms with Crippen LogP contribution >= 0.6 is 23.2 Å². The number of rotatable bonds is 6. The molecule has 0 saturated heterocycles. The van der Waals surface area contributed by atoms with Gasteiger partial charge in [0.05, 0.1) is 24.5 Å². The number of carbonyl (C=O) groups is 2. The summed E-state index contributed by atoms with van der Waals surface area (Å²) in [6.07, 6.45) is 1.53. The van der Waals surface area contributed by atoms with Gasteiger partial charge in [0, 0.05) is 45.3 Å². The molecule has 4 heterocycles. The SMILES string of the molecule is COc1cc(OC(C)C)ncc1-c1nc2c(n1C(C)C)[C@@]1(C(=O)Nc3cc(Cl)ccc31)N(c1cccc(Cl)c1)C2=O. The molecule has 0 saturated carbocycles. The summed E-state index contributed by atoms with van der Waals surface area (Å²) in [6.45, 7) is 7.76. The van der Waals surface area contributed by atoms with E-state index in [1.807, 2.05) is 32.3 Å². The molecule has 1 atom stereocenters. The Hall–Kier alpha value is -4.08. The van der Waals surface area contributed by atoms with E-state index in [1.165, 1.54) is 4.90 Å². The van der Waals surface area contributed by atoms with Crippen molar-refractivity contribution in [1.82, 2.24) is 14.5 Å². The highest BCUT2D eigenvalue weighted by Crippen LogP contribution is 2.54. The van der Waals surface area contributed by atoms with E-state index in [9.17, 15) is 9.59 Å². The molecular formula is C30H27Cl2N5O4. The standard InChI is InChI=1S/C30H27Cl2N5O4/c1-15(2)36-26-25(35-27(36)20-14-33-24(41-16(3)4)13-23(20)40-5)28(38)37(19-8-6-7-17(31)11-19)30(26)21-10-9-18(32)12-22(21)34-29(30)39/h6-16H,1-5H3,(H,34,39)/t30-/m0/s1. The number of benzene rings is 2. The maximum absolute atomic E-state index is 14.4. The lowest BCUT2D eigenvalue weighted by Gasteiger charge is -2.35. The first-order valence-electron chi connectivity index (χ1n) is 13.1. The normalized spacial score (nSPS) is 17.4. The van der Waals surface area contributed by atoms with Gasteiger partial charge in [-0.05, 0) is 58.0 Å². The number of anilines is 2. The molecule has 9 nitrogen and oxygen atoms in total. The lowest BCUT2D eigenvalue weighted by molar-refractivity contribution is -0.119. The molecule has 41 heavy (non-hydrogen) atoms. The average molecular weight is 592 g/mol. The van der Waals surface area contributed by atoms with Crippen molar-refractivity contribution in [3.05, 3.63) is 81.7 Å². The van der Waals surface area contributed by atoms with E-state index in [2.05, 4.69) is 10.3 Å². The molecule has 0 unspecified atom stereocenters. The Morgan fingerprint density at radius 1 is 1.00 bits per heavy atom. The zero-order valence-corrected chi connectivity index (χ0v) is 24.5. The van der Waals surface area contributed by atoms with Crippen LogP contribution in [0.3, 0.4) is 0 Å². The van der Waals surface area contributed by atoms with Gasteiger partial charge in [0.15, 0.2) is 11.2 Å². The highest BCUT2D eigenvalue weighted by Gasteiger charge is 2.64. The first-order chi connectivity index (χ1) is 19.6. The second-order valence-corrected chi connectivity index (χ2v) is 11.3. The van der Waals surface area contributed by atoms with Crippen LogP contribution in [0.2, 0.25) is 10.0 Å². The number of nitrogens with one attached hydrogen (secondary N) is 1. The van der Waals surface area contributed by atoms with Gasteiger partial charge in [-0.1, -0.05) is 35.3 Å². The lowest BCUT2D eigenvalue weighted by atomic mass is 9.87. The quantitative estimate of drug-likeness (QED) is 0.275. The summed E-state index contributed by atoms with van der Waals surface area (Å²) in [5, 5.41) is 3.85. The summed E-state index contributed by atoms with van der Waals surface area (Å²) >= 11 is 12.7. The summed E-state index contributed by atoms with van der Waals surface area (Å²) in [5.41, 5.74) is 1.13. The summed E-state index contributed by atoms with van der Waals surface area (Å²) in [7, 11) is 1.55. The van der Waals surface area contributed by atoms with Crippen LogP contribution in [0.1, 0.15) is 55.5 Å². The van der Waals surface area contributed by atoms with Crippen LogP contribution in [0.5, 0.6) is 11.6 Å². The van der Waals surface area contributed by atoms with Gasteiger partial charge in [-0.2, -0.15) is 0 Å². The number of methoxy groups -OCH3 is 1. The Bertz CT molecular complexity index is 1730. The minimum Gasteiger partial charge on any atom is -0.496 e. The molecular weight excluding hydrogens is 565 g/mol. The zero-order chi connectivity index (χ0) is 29.2. The van der Waals surface area contributed by atoms with Gasteiger partial charge in [-0.25, -0.2) is 9.97 Å². The predicted octanol–water partition coefficient (Wildman–Crippen LogP) is 6.48. The van der Waals surface area contributed by atoms with Gasteiger partial charge < -0.3 is 19.4 Å². The Morgan fingerprint density at radius 2 is 1.76 bits per heavy atom. The van der Waals surface area contributed by atoms with Gasteiger partial charge in [0.2, 0.25) is 5.88 Å². The molecule has 2 aliphatic heterocycles. The van der Waals surface area contributed by atoms with Crippen LogP contribution in [0.4, 0.5) is 11.4 Å². The molecule has 0 fully saturated rings. The molecule has 1 N–H and O–H groups in total. The molecule has 1 spiro atoms. The number of carbonyl (C=O) groups excluding carboxylic acids is 2. The smallest absolute Gasteiger partial charge is 0.280 e. The summed E-state index contributed by atoms with van der Waals surface area (Å²) in [5.74, 6) is 0.474. The van der Waals surface area contributed by atoms with Crippen molar-refractivity contribution in [3.63, 3.8) is 0 Å². The van der Waals surface area contributed by atoms with Crippen LogP contribution in [0.25, 0.3) is 11.4 Å². The fraction of sp³-hybridized carbons (Fsp3) is 0.267. The van der Waals surface area contributed by atoms with Crippen molar-refractivity contribution >= 4 is 46.4 Å². The molecule has 0 aliphatic carbocycles. The van der Waals surface area contributed by atoms with Crippen LogP contribution in [-0.4, -0.2) is 39.6 Å². The maximum Gasteiger partial charge on any atom is 0.280 e. The average Bonchev–Trinajstić information content (AvgIpc) is 3.52. The largest absolute Gasteiger partial charge is 0.496 e. The Kier molecular flexibility index (Phi) is 6.47. The first-order valence-corrected chi connectivity index (χ1v) is 13.9. The zero-order valence-electron chi connectivity index (χ0n) is 23.0. The van der Waals surface area contributed by atoms with E-state index in [0.29, 0.717) is 55.7 Å². The highest BCUT2D eigenvalue weighted by molar-refractivity contribution is 6.32. The van der Waals surface area contributed by atoms with Crippen LogP contribution in [-0.2, 0) is 10.3 Å². The van der Waals surface area contributed by atoms with E-state index in [1.54, 1.807) is 61.8 Å². The van der Waals surface area contributed by atoms with Crippen molar-refractivity contribution in [1.29, 1.82) is 0 Å². The second-order valence-electron chi connectivity index (χ2n) is 10.5. The molecule has 0 bridgehead atoms. The fourth-order valence-electron chi connectivity index (χ4n) is 5.70. The molecule has 2 aliphatic rings. The van der Waals surface area contributed by atoms with Crippen molar-refractivity contribution in [3.8, 4) is 23.0 Å². The number of hydrogen-bond donors (Lipinski definition) is 1. The Labute approximate surface area is 247 Å². The van der Waals surface area contributed by atoms with Crippen molar-refractivity contribution in [2.24, 2.45) is 0 Å². The molecule has 4 aromatic rings. The lowest BCUT2D eigenvalue weighted by Crippen LogP contribution is -2.51. The number of ether oxygens (including phenoxy) is 2. The first kappa shape index (κ1) is 27.1.